The zero-order chi connectivity index (χ0) is 15.6. The second-order valence-electron chi connectivity index (χ2n) is 5.88. The third kappa shape index (κ3) is 2.93. The predicted octanol–water partition coefficient (Wildman–Crippen LogP) is 1.10. The molecule has 2 rings (SSSR count). The van der Waals surface area contributed by atoms with E-state index >= 15 is 0 Å². The summed E-state index contributed by atoms with van der Waals surface area (Å²) >= 11 is 0. The summed E-state index contributed by atoms with van der Waals surface area (Å²) < 4.78 is 4.74. The molecule has 0 aromatic heterocycles. The first-order valence-electron chi connectivity index (χ1n) is 7.00. The highest BCUT2D eigenvalue weighted by Gasteiger charge is 2.44. The number of rotatable bonds is 3. The van der Waals surface area contributed by atoms with Crippen molar-refractivity contribution < 1.29 is 19.4 Å². The highest BCUT2D eigenvalue weighted by atomic mass is 16.5. The molecule has 1 N–H and O–H groups in total. The van der Waals surface area contributed by atoms with Crippen molar-refractivity contribution in [3.8, 4) is 0 Å². The molecular weight excluding hydrogens is 270 g/mol. The van der Waals surface area contributed by atoms with E-state index in [2.05, 4.69) is 0 Å². The molecule has 1 aromatic rings. The average molecular weight is 291 g/mol. The molecule has 0 saturated carbocycles. The molecule has 1 aromatic carbocycles. The lowest BCUT2D eigenvalue weighted by molar-refractivity contribution is -0.152. The molecule has 1 aliphatic heterocycles. The molecular formula is C16H21NO4. The SMILES string of the molecule is COC(=O)C1CC(O)CN1C(=O)C(C)(C)c1ccccc1. The van der Waals surface area contributed by atoms with Crippen molar-refractivity contribution in [3.05, 3.63) is 35.9 Å². The summed E-state index contributed by atoms with van der Waals surface area (Å²) in [6.45, 7) is 3.81. The van der Waals surface area contributed by atoms with Crippen LogP contribution in [0.1, 0.15) is 25.8 Å². The van der Waals surface area contributed by atoms with Gasteiger partial charge in [-0.3, -0.25) is 4.79 Å². The van der Waals surface area contributed by atoms with Gasteiger partial charge in [-0.05, 0) is 19.4 Å². The van der Waals surface area contributed by atoms with Crippen LogP contribution in [0.3, 0.4) is 0 Å². The van der Waals surface area contributed by atoms with Crippen molar-refractivity contribution in [2.45, 2.75) is 37.8 Å². The number of hydrogen-bond acceptors (Lipinski definition) is 4. The Morgan fingerprint density at radius 2 is 1.90 bits per heavy atom. The molecule has 114 valence electrons. The van der Waals surface area contributed by atoms with Gasteiger partial charge in [0.1, 0.15) is 6.04 Å². The summed E-state index contributed by atoms with van der Waals surface area (Å²) in [4.78, 5) is 26.1. The molecule has 0 aliphatic carbocycles. The minimum atomic E-state index is -0.766. The fourth-order valence-corrected chi connectivity index (χ4v) is 2.74. The van der Waals surface area contributed by atoms with Gasteiger partial charge < -0.3 is 14.7 Å². The van der Waals surface area contributed by atoms with Crippen LogP contribution in [0, 0.1) is 0 Å². The second kappa shape index (κ2) is 5.85. The van der Waals surface area contributed by atoms with Crippen LogP contribution in [0.4, 0.5) is 0 Å². The number of aliphatic hydroxyl groups is 1. The Morgan fingerprint density at radius 1 is 1.29 bits per heavy atom. The minimum Gasteiger partial charge on any atom is -0.467 e. The van der Waals surface area contributed by atoms with Crippen LogP contribution in [0.5, 0.6) is 0 Å². The molecule has 1 aliphatic rings. The quantitative estimate of drug-likeness (QED) is 0.847. The summed E-state index contributed by atoms with van der Waals surface area (Å²) in [6, 6.07) is 8.71. The van der Waals surface area contributed by atoms with Gasteiger partial charge in [-0.25, -0.2) is 4.79 Å². The van der Waals surface area contributed by atoms with E-state index in [1.807, 2.05) is 44.2 Å². The molecule has 21 heavy (non-hydrogen) atoms. The van der Waals surface area contributed by atoms with Crippen LogP contribution >= 0.6 is 0 Å². The first kappa shape index (κ1) is 15.5. The van der Waals surface area contributed by atoms with Gasteiger partial charge in [0.15, 0.2) is 0 Å². The Labute approximate surface area is 124 Å². The van der Waals surface area contributed by atoms with E-state index in [-0.39, 0.29) is 18.9 Å². The van der Waals surface area contributed by atoms with Crippen molar-refractivity contribution in [1.82, 2.24) is 4.90 Å². The summed E-state index contributed by atoms with van der Waals surface area (Å²) in [5, 5.41) is 9.80. The molecule has 1 fully saturated rings. The normalized spacial score (nSPS) is 22.2. The number of aliphatic hydroxyl groups excluding tert-OH is 1. The Hall–Kier alpha value is -1.88. The van der Waals surface area contributed by atoms with Gasteiger partial charge >= 0.3 is 5.97 Å². The van der Waals surface area contributed by atoms with E-state index in [4.69, 9.17) is 4.74 Å². The van der Waals surface area contributed by atoms with Crippen molar-refractivity contribution in [3.63, 3.8) is 0 Å². The first-order valence-corrected chi connectivity index (χ1v) is 7.00. The topological polar surface area (TPSA) is 66.8 Å². The zero-order valence-corrected chi connectivity index (χ0v) is 12.6. The zero-order valence-electron chi connectivity index (χ0n) is 12.6. The maximum absolute atomic E-state index is 12.9. The molecule has 1 amide bonds. The van der Waals surface area contributed by atoms with Crippen LogP contribution in [-0.2, 0) is 19.7 Å². The number of methoxy groups -OCH3 is 1. The predicted molar refractivity (Wildman–Crippen MR) is 77.6 cm³/mol. The number of ether oxygens (including phenoxy) is 1. The Morgan fingerprint density at radius 3 is 2.48 bits per heavy atom. The smallest absolute Gasteiger partial charge is 0.328 e. The van der Waals surface area contributed by atoms with E-state index in [0.717, 1.165) is 5.56 Å². The fraction of sp³-hybridized carbons (Fsp3) is 0.500. The van der Waals surface area contributed by atoms with Crippen molar-refractivity contribution in [1.29, 1.82) is 0 Å². The second-order valence-corrected chi connectivity index (χ2v) is 5.88. The number of esters is 1. The van der Waals surface area contributed by atoms with Crippen molar-refractivity contribution in [2.24, 2.45) is 0 Å². The molecule has 0 spiro atoms. The standard InChI is InChI=1S/C16H21NO4/c1-16(2,11-7-5-4-6-8-11)15(20)17-10-12(18)9-13(17)14(19)21-3/h4-8,12-13,18H,9-10H2,1-3H3. The number of carbonyl (C=O) groups excluding carboxylic acids is 2. The summed E-state index contributed by atoms with van der Waals surface area (Å²) in [5.41, 5.74) is 0.109. The average Bonchev–Trinajstić information content (AvgIpc) is 2.88. The lowest BCUT2D eigenvalue weighted by Crippen LogP contribution is -2.48. The summed E-state index contributed by atoms with van der Waals surface area (Å²) in [6.07, 6.45) is -0.465. The molecule has 0 radical (unpaired) electrons. The summed E-state index contributed by atoms with van der Waals surface area (Å²) in [7, 11) is 1.29. The highest BCUT2D eigenvalue weighted by molar-refractivity contribution is 5.91. The van der Waals surface area contributed by atoms with E-state index in [9.17, 15) is 14.7 Å². The Kier molecular flexibility index (Phi) is 4.32. The highest BCUT2D eigenvalue weighted by Crippen LogP contribution is 2.30. The number of benzene rings is 1. The largest absolute Gasteiger partial charge is 0.467 e. The third-order valence-electron chi connectivity index (χ3n) is 4.04. The van der Waals surface area contributed by atoms with Crippen LogP contribution in [0.25, 0.3) is 0 Å². The van der Waals surface area contributed by atoms with E-state index in [1.165, 1.54) is 12.0 Å². The van der Waals surface area contributed by atoms with E-state index in [0.29, 0.717) is 0 Å². The molecule has 1 saturated heterocycles. The van der Waals surface area contributed by atoms with Gasteiger partial charge in [0.05, 0.1) is 18.6 Å². The molecule has 5 nitrogen and oxygen atoms in total. The van der Waals surface area contributed by atoms with Gasteiger partial charge in [-0.2, -0.15) is 0 Å². The van der Waals surface area contributed by atoms with Crippen LogP contribution in [0.15, 0.2) is 30.3 Å². The molecule has 0 bridgehead atoms. The maximum atomic E-state index is 12.9. The Balaban J connectivity index is 2.27. The van der Waals surface area contributed by atoms with Gasteiger partial charge in [-0.1, -0.05) is 30.3 Å². The van der Waals surface area contributed by atoms with Gasteiger partial charge in [0.25, 0.3) is 0 Å². The first-order chi connectivity index (χ1) is 9.87. The molecule has 2 unspecified atom stereocenters. The number of hydrogen-bond donors (Lipinski definition) is 1. The van der Waals surface area contributed by atoms with Crippen LogP contribution in [-0.4, -0.2) is 47.7 Å². The number of nitrogens with zero attached hydrogens (tertiary/aromatic N) is 1. The number of carbonyl (C=O) groups is 2. The lowest BCUT2D eigenvalue weighted by Gasteiger charge is -2.32. The molecule has 1 heterocycles. The third-order valence-corrected chi connectivity index (χ3v) is 4.04. The van der Waals surface area contributed by atoms with Crippen LogP contribution in [0.2, 0.25) is 0 Å². The molecule has 5 heteroatoms. The van der Waals surface area contributed by atoms with Gasteiger partial charge in [0, 0.05) is 13.0 Å². The minimum absolute atomic E-state index is 0.162. The number of likely N-dealkylation sites (tertiary alicyclic amines) is 1. The monoisotopic (exact) mass is 291 g/mol. The maximum Gasteiger partial charge on any atom is 0.328 e. The van der Waals surface area contributed by atoms with Crippen molar-refractivity contribution in [2.75, 3.05) is 13.7 Å². The van der Waals surface area contributed by atoms with Crippen molar-refractivity contribution >= 4 is 11.9 Å². The van der Waals surface area contributed by atoms with E-state index < -0.39 is 23.5 Å². The number of amides is 1. The van der Waals surface area contributed by atoms with Gasteiger partial charge in [0.2, 0.25) is 5.91 Å². The summed E-state index contributed by atoms with van der Waals surface area (Å²) in [5.74, 6) is -0.663. The molecule has 2 atom stereocenters. The van der Waals surface area contributed by atoms with Crippen LogP contribution < -0.4 is 0 Å². The fourth-order valence-electron chi connectivity index (χ4n) is 2.74. The number of β-amino-alcohol motifs (C(OH)–C–C–N with tert-alkyl or cyclic N) is 1. The lowest BCUT2D eigenvalue weighted by atomic mass is 9.83. The van der Waals surface area contributed by atoms with Gasteiger partial charge in [-0.15, -0.1) is 0 Å². The van der Waals surface area contributed by atoms with E-state index in [1.54, 1.807) is 0 Å². The Bertz CT molecular complexity index is 526.